The van der Waals surface area contributed by atoms with Gasteiger partial charge in [0.25, 0.3) is 11.8 Å². The van der Waals surface area contributed by atoms with E-state index < -0.39 is 11.8 Å². The minimum Gasteiger partial charge on any atom is -0.267 e. The molecule has 4 aromatic rings. The van der Waals surface area contributed by atoms with Crippen LogP contribution in [0.15, 0.2) is 83.5 Å². The van der Waals surface area contributed by atoms with Gasteiger partial charge in [-0.25, -0.2) is 4.98 Å². The van der Waals surface area contributed by atoms with Crippen LogP contribution in [0.2, 0.25) is 0 Å². The topological polar surface area (TPSA) is 84.0 Å². The van der Waals surface area contributed by atoms with Crippen molar-refractivity contribution in [2.45, 2.75) is 0 Å². The van der Waals surface area contributed by atoms with Crippen LogP contribution in [-0.2, 0) is 0 Å². The summed E-state index contributed by atoms with van der Waals surface area (Å²) in [4.78, 5) is 34.0. The molecule has 4 rings (SSSR count). The monoisotopic (exact) mass is 446 g/mol. The highest BCUT2D eigenvalue weighted by atomic mass is 79.9. The Kier molecular flexibility index (Phi) is 5.31. The number of hydrazine groups is 1. The lowest BCUT2D eigenvalue weighted by Crippen LogP contribution is -2.41. The number of hydrogen-bond acceptors (Lipinski definition) is 4. The fourth-order valence-corrected chi connectivity index (χ4v) is 3.13. The van der Waals surface area contributed by atoms with Gasteiger partial charge in [0.05, 0.1) is 22.5 Å². The maximum absolute atomic E-state index is 12.9. The van der Waals surface area contributed by atoms with E-state index in [1.54, 1.807) is 36.5 Å². The normalized spacial score (nSPS) is 10.5. The van der Waals surface area contributed by atoms with E-state index in [4.69, 9.17) is 0 Å². The highest BCUT2D eigenvalue weighted by Crippen LogP contribution is 2.23. The van der Waals surface area contributed by atoms with Gasteiger partial charge in [-0.1, -0.05) is 40.2 Å². The maximum atomic E-state index is 12.9. The molecule has 0 fully saturated rings. The first-order chi connectivity index (χ1) is 14.1. The summed E-state index contributed by atoms with van der Waals surface area (Å²) in [5, 5.41) is 0.683. The molecule has 29 heavy (non-hydrogen) atoms. The van der Waals surface area contributed by atoms with Crippen molar-refractivity contribution < 1.29 is 9.59 Å². The summed E-state index contributed by atoms with van der Waals surface area (Å²) < 4.78 is 0.864. The van der Waals surface area contributed by atoms with Gasteiger partial charge < -0.3 is 0 Å². The summed E-state index contributed by atoms with van der Waals surface area (Å²) in [6.45, 7) is 0. The first-order valence-electron chi connectivity index (χ1n) is 8.79. The molecule has 0 saturated heterocycles. The van der Waals surface area contributed by atoms with Gasteiger partial charge in [-0.2, -0.15) is 0 Å². The molecule has 6 nitrogen and oxygen atoms in total. The highest BCUT2D eigenvalue weighted by Gasteiger charge is 2.15. The Labute approximate surface area is 175 Å². The number of benzene rings is 2. The summed E-state index contributed by atoms with van der Waals surface area (Å²) in [6, 6.07) is 21.3. The zero-order valence-corrected chi connectivity index (χ0v) is 16.7. The summed E-state index contributed by atoms with van der Waals surface area (Å²) in [7, 11) is 0. The van der Waals surface area contributed by atoms with Gasteiger partial charge in [-0.05, 0) is 48.5 Å². The van der Waals surface area contributed by atoms with Crippen molar-refractivity contribution in [3.05, 3.63) is 94.6 Å². The Morgan fingerprint density at radius 1 is 0.793 bits per heavy atom. The molecule has 0 aliphatic heterocycles. The lowest BCUT2D eigenvalue weighted by Gasteiger charge is -2.11. The van der Waals surface area contributed by atoms with E-state index in [0.717, 1.165) is 4.47 Å². The van der Waals surface area contributed by atoms with E-state index in [-0.39, 0.29) is 0 Å². The molecule has 0 atom stereocenters. The second-order valence-electron chi connectivity index (χ2n) is 6.20. The molecule has 0 aliphatic carbocycles. The smallest absolute Gasteiger partial charge is 0.267 e. The molecule has 0 unspecified atom stereocenters. The number of pyridine rings is 2. The van der Waals surface area contributed by atoms with E-state index in [0.29, 0.717) is 33.4 Å². The number of fused-ring (bicyclic) bond motifs is 1. The van der Waals surface area contributed by atoms with Crippen molar-refractivity contribution in [2.75, 3.05) is 0 Å². The summed E-state index contributed by atoms with van der Waals surface area (Å²) in [6.07, 6.45) is 1.67. The van der Waals surface area contributed by atoms with Crippen molar-refractivity contribution >= 4 is 38.6 Å². The molecule has 0 radical (unpaired) electrons. The van der Waals surface area contributed by atoms with Gasteiger partial charge in [0.2, 0.25) is 0 Å². The number of carbonyl (C=O) groups excluding carboxylic acids is 2. The van der Waals surface area contributed by atoms with Crippen LogP contribution < -0.4 is 10.9 Å². The van der Waals surface area contributed by atoms with Gasteiger partial charge in [0.15, 0.2) is 0 Å². The molecule has 2 N–H and O–H groups in total. The Hall–Kier alpha value is -3.58. The number of rotatable bonds is 3. The van der Waals surface area contributed by atoms with Crippen LogP contribution >= 0.6 is 15.9 Å². The van der Waals surface area contributed by atoms with Crippen LogP contribution in [0.4, 0.5) is 0 Å². The van der Waals surface area contributed by atoms with E-state index in [9.17, 15) is 9.59 Å². The summed E-state index contributed by atoms with van der Waals surface area (Å²) in [5.74, 6) is -0.847. The van der Waals surface area contributed by atoms with Crippen molar-refractivity contribution in [2.24, 2.45) is 0 Å². The fourth-order valence-electron chi connectivity index (χ4n) is 2.86. The SMILES string of the molecule is O=C(NNC(=O)c1cc(-c2ccccn2)nc2ccccc12)c1ccc(Br)cc1. The van der Waals surface area contributed by atoms with Gasteiger partial charge in [-0.3, -0.25) is 25.4 Å². The van der Waals surface area contributed by atoms with E-state index in [2.05, 4.69) is 36.7 Å². The molecule has 0 bridgehead atoms. The summed E-state index contributed by atoms with van der Waals surface area (Å²) >= 11 is 3.32. The third kappa shape index (κ3) is 4.14. The quantitative estimate of drug-likeness (QED) is 0.463. The fraction of sp³-hybridized carbons (Fsp3) is 0. The molecule has 0 saturated carbocycles. The number of para-hydroxylation sites is 1. The lowest BCUT2D eigenvalue weighted by atomic mass is 10.1. The number of carbonyl (C=O) groups is 2. The van der Waals surface area contributed by atoms with E-state index in [1.165, 1.54) is 0 Å². The van der Waals surface area contributed by atoms with Gasteiger partial charge in [0, 0.05) is 21.6 Å². The number of halogens is 1. The molecule has 0 aliphatic rings. The second-order valence-corrected chi connectivity index (χ2v) is 7.12. The first kappa shape index (κ1) is 18.8. The molecule has 2 amide bonds. The number of hydrogen-bond donors (Lipinski definition) is 2. The molecule has 142 valence electrons. The molecule has 2 aromatic heterocycles. The zero-order chi connectivity index (χ0) is 20.2. The zero-order valence-electron chi connectivity index (χ0n) is 15.1. The number of amides is 2. The van der Waals surface area contributed by atoms with Crippen LogP contribution in [-0.4, -0.2) is 21.8 Å². The van der Waals surface area contributed by atoms with Crippen LogP contribution in [0.25, 0.3) is 22.3 Å². The summed E-state index contributed by atoms with van der Waals surface area (Å²) in [5.41, 5.74) is 7.67. The van der Waals surface area contributed by atoms with Crippen molar-refractivity contribution in [3.8, 4) is 11.4 Å². The Morgan fingerprint density at radius 2 is 1.52 bits per heavy atom. The Morgan fingerprint density at radius 3 is 2.28 bits per heavy atom. The molecule has 2 aromatic carbocycles. The largest absolute Gasteiger partial charge is 0.270 e. The Balaban J connectivity index is 1.62. The maximum Gasteiger partial charge on any atom is 0.270 e. The third-order valence-corrected chi connectivity index (χ3v) is 4.81. The standard InChI is InChI=1S/C22H15BrN4O2/c23-15-10-8-14(9-11-15)21(28)26-27-22(29)17-13-20(19-7-3-4-12-24-19)25-18-6-2-1-5-16(17)18/h1-13H,(H,26,28)(H,27,29). The molecular formula is C22H15BrN4O2. The molecule has 2 heterocycles. The van der Waals surface area contributed by atoms with Gasteiger partial charge in [0.1, 0.15) is 0 Å². The van der Waals surface area contributed by atoms with E-state index in [1.807, 2.05) is 42.5 Å². The Bertz CT molecular complexity index is 1190. The molecule has 7 heteroatoms. The first-order valence-corrected chi connectivity index (χ1v) is 9.58. The van der Waals surface area contributed by atoms with E-state index >= 15 is 0 Å². The minimum atomic E-state index is -0.439. The van der Waals surface area contributed by atoms with Gasteiger partial charge in [-0.15, -0.1) is 0 Å². The van der Waals surface area contributed by atoms with Crippen LogP contribution in [0.3, 0.4) is 0 Å². The highest BCUT2D eigenvalue weighted by molar-refractivity contribution is 9.10. The number of nitrogens with one attached hydrogen (secondary N) is 2. The average Bonchev–Trinajstić information content (AvgIpc) is 2.77. The van der Waals surface area contributed by atoms with Crippen molar-refractivity contribution in [1.29, 1.82) is 0 Å². The number of nitrogens with zero attached hydrogens (tertiary/aromatic N) is 2. The van der Waals surface area contributed by atoms with Crippen molar-refractivity contribution in [1.82, 2.24) is 20.8 Å². The second kappa shape index (κ2) is 8.20. The predicted molar refractivity (Wildman–Crippen MR) is 114 cm³/mol. The van der Waals surface area contributed by atoms with Crippen molar-refractivity contribution in [3.63, 3.8) is 0 Å². The van der Waals surface area contributed by atoms with Gasteiger partial charge >= 0.3 is 0 Å². The minimum absolute atomic E-state index is 0.396. The van der Waals surface area contributed by atoms with Crippen LogP contribution in [0.1, 0.15) is 20.7 Å². The lowest BCUT2D eigenvalue weighted by molar-refractivity contribution is 0.0847. The number of aromatic nitrogens is 2. The molecular weight excluding hydrogens is 432 g/mol. The van der Waals surface area contributed by atoms with Crippen LogP contribution in [0, 0.1) is 0 Å². The third-order valence-electron chi connectivity index (χ3n) is 4.28. The molecule has 0 spiro atoms. The predicted octanol–water partition coefficient (Wildman–Crippen LogP) is 4.13. The average molecular weight is 447 g/mol. The van der Waals surface area contributed by atoms with Crippen LogP contribution in [0.5, 0.6) is 0 Å².